The number of rotatable bonds is 8. The molecule has 208 valence electrons. The first-order chi connectivity index (χ1) is 20.1. The summed E-state index contributed by atoms with van der Waals surface area (Å²) in [4.78, 5) is 44.4. The Kier molecular flexibility index (Phi) is 9.12. The Morgan fingerprint density at radius 3 is 2.17 bits per heavy atom. The second-order valence-corrected chi connectivity index (χ2v) is 10.4. The van der Waals surface area contributed by atoms with Crippen molar-refractivity contribution >= 4 is 41.2 Å². The number of hydrogen-bond acceptors (Lipinski definition) is 6. The lowest BCUT2D eigenvalue weighted by Crippen LogP contribution is -2.45. The fourth-order valence-corrected chi connectivity index (χ4v) is 5.74. The number of nitrogens with one attached hydrogen (secondary N) is 3. The van der Waals surface area contributed by atoms with E-state index in [1.807, 2.05) is 84.9 Å². The van der Waals surface area contributed by atoms with Gasteiger partial charge in [0.25, 0.3) is 0 Å². The van der Waals surface area contributed by atoms with Crippen molar-refractivity contribution in [2.75, 3.05) is 16.4 Å². The minimum absolute atomic E-state index is 0.108. The molecular formula is C31H29N5O4S. The molecule has 10 heteroatoms. The van der Waals surface area contributed by atoms with Crippen LogP contribution < -0.4 is 16.0 Å². The molecule has 0 radical (unpaired) electrons. The molecule has 5 rings (SSSR count). The quantitative estimate of drug-likeness (QED) is 0.248. The second kappa shape index (κ2) is 13.5. The zero-order chi connectivity index (χ0) is 28.4. The number of hydrogen-bond donors (Lipinski definition) is 3. The number of amides is 4. The average molecular weight is 568 g/mol. The Morgan fingerprint density at radius 1 is 0.805 bits per heavy atom. The second-order valence-electron chi connectivity index (χ2n) is 9.29. The lowest BCUT2D eigenvalue weighted by atomic mass is 10.2. The van der Waals surface area contributed by atoms with Crippen LogP contribution >= 0.6 is 11.8 Å². The molecule has 4 aromatic rings. The summed E-state index contributed by atoms with van der Waals surface area (Å²) in [5.74, 6) is 0.108. The molecule has 3 aromatic carbocycles. The number of carbonyl (C=O) groups is 3. The van der Waals surface area contributed by atoms with Gasteiger partial charge >= 0.3 is 12.1 Å². The summed E-state index contributed by atoms with van der Waals surface area (Å²) in [6, 6.07) is 28.4. The molecule has 41 heavy (non-hydrogen) atoms. The lowest BCUT2D eigenvalue weighted by Gasteiger charge is -2.28. The highest BCUT2D eigenvalue weighted by atomic mass is 32.2. The fraction of sp³-hybridized carbons (Fsp3) is 0.161. The minimum atomic E-state index is -0.732. The number of benzene rings is 3. The van der Waals surface area contributed by atoms with Crippen LogP contribution in [0.3, 0.4) is 0 Å². The normalized spacial score (nSPS) is 16.0. The van der Waals surface area contributed by atoms with Gasteiger partial charge < -0.3 is 20.7 Å². The molecule has 2 heterocycles. The third-order valence-electron chi connectivity index (χ3n) is 6.42. The van der Waals surface area contributed by atoms with E-state index in [-0.39, 0.29) is 23.9 Å². The molecule has 0 spiro atoms. The van der Waals surface area contributed by atoms with E-state index in [9.17, 15) is 14.4 Å². The summed E-state index contributed by atoms with van der Waals surface area (Å²) in [5, 5.41) is 8.13. The molecule has 9 nitrogen and oxygen atoms in total. The summed E-state index contributed by atoms with van der Waals surface area (Å²) in [6.07, 6.45) is 2.77. The molecule has 1 fully saturated rings. The van der Waals surface area contributed by atoms with Crippen LogP contribution in [0, 0.1) is 0 Å². The first-order valence-electron chi connectivity index (χ1n) is 13.1. The standard InChI is InChI=1S/C31H29N5O4S/c37-28(34-26-13-11-22(12-14-26)19-33-30(38)35-25-9-5-2-6-10-25)27-21-41-29(24-15-17-32-18-16-24)36(27)31(39)40-20-23-7-3-1-4-8-23/h1-18,27,29H,19-21H2,(H,34,37)(H2,33,35,38). The van der Waals surface area contributed by atoms with E-state index in [0.29, 0.717) is 23.7 Å². The average Bonchev–Trinajstić information content (AvgIpc) is 3.47. The first kappa shape index (κ1) is 27.7. The van der Waals surface area contributed by atoms with E-state index in [2.05, 4.69) is 20.9 Å². The van der Waals surface area contributed by atoms with Gasteiger partial charge in [-0.3, -0.25) is 14.7 Å². The number of aromatic nitrogens is 1. The van der Waals surface area contributed by atoms with Crippen molar-refractivity contribution < 1.29 is 19.1 Å². The maximum Gasteiger partial charge on any atom is 0.412 e. The van der Waals surface area contributed by atoms with E-state index < -0.39 is 12.1 Å². The van der Waals surface area contributed by atoms with Crippen molar-refractivity contribution in [3.63, 3.8) is 0 Å². The first-order valence-corrected chi connectivity index (χ1v) is 14.1. The van der Waals surface area contributed by atoms with Crippen molar-refractivity contribution in [1.82, 2.24) is 15.2 Å². The van der Waals surface area contributed by atoms with E-state index in [1.165, 1.54) is 16.7 Å². The number of para-hydroxylation sites is 1. The van der Waals surface area contributed by atoms with Crippen molar-refractivity contribution in [3.05, 3.63) is 126 Å². The van der Waals surface area contributed by atoms with Crippen LogP contribution in [-0.2, 0) is 22.7 Å². The molecule has 0 bridgehead atoms. The van der Waals surface area contributed by atoms with E-state index in [4.69, 9.17) is 4.74 Å². The number of thioether (sulfide) groups is 1. The van der Waals surface area contributed by atoms with Crippen molar-refractivity contribution in [1.29, 1.82) is 0 Å². The SMILES string of the molecule is O=C(NCc1ccc(NC(=O)C2CSC(c3ccncc3)N2C(=O)OCc2ccccc2)cc1)Nc1ccccc1. The van der Waals surface area contributed by atoms with Crippen LogP contribution in [0.25, 0.3) is 0 Å². The molecular weight excluding hydrogens is 538 g/mol. The van der Waals surface area contributed by atoms with Gasteiger partial charge in [0, 0.05) is 36.1 Å². The molecule has 1 aliphatic heterocycles. The number of pyridine rings is 1. The summed E-state index contributed by atoms with van der Waals surface area (Å²) in [5.41, 5.74) is 3.89. The number of ether oxygens (including phenoxy) is 1. The predicted molar refractivity (Wildman–Crippen MR) is 159 cm³/mol. The Labute approximate surface area is 242 Å². The van der Waals surface area contributed by atoms with Crippen molar-refractivity contribution in [3.8, 4) is 0 Å². The predicted octanol–water partition coefficient (Wildman–Crippen LogP) is 5.79. The van der Waals surface area contributed by atoms with Crippen molar-refractivity contribution in [2.24, 2.45) is 0 Å². The van der Waals surface area contributed by atoms with Gasteiger partial charge in [-0.05, 0) is 53.1 Å². The molecule has 2 atom stereocenters. The lowest BCUT2D eigenvalue weighted by molar-refractivity contribution is -0.120. The molecule has 1 aliphatic rings. The summed E-state index contributed by atoms with van der Waals surface area (Å²) < 4.78 is 5.63. The maximum absolute atomic E-state index is 13.4. The van der Waals surface area contributed by atoms with Gasteiger partial charge in [0.2, 0.25) is 5.91 Å². The molecule has 1 saturated heterocycles. The molecule has 4 amide bonds. The largest absolute Gasteiger partial charge is 0.444 e. The summed E-state index contributed by atoms with van der Waals surface area (Å²) >= 11 is 1.50. The summed E-state index contributed by atoms with van der Waals surface area (Å²) in [6.45, 7) is 0.428. The monoisotopic (exact) mass is 567 g/mol. The van der Waals surface area contributed by atoms with Gasteiger partial charge in [-0.15, -0.1) is 11.8 Å². The third kappa shape index (κ3) is 7.43. The molecule has 3 N–H and O–H groups in total. The van der Waals surface area contributed by atoms with Gasteiger partial charge in [0.1, 0.15) is 18.0 Å². The maximum atomic E-state index is 13.4. The highest BCUT2D eigenvalue weighted by Crippen LogP contribution is 2.42. The van der Waals surface area contributed by atoms with Crippen LogP contribution in [0.2, 0.25) is 0 Å². The Bertz CT molecular complexity index is 1460. The van der Waals surface area contributed by atoms with E-state index in [0.717, 1.165) is 16.7 Å². The number of carbonyl (C=O) groups excluding carboxylic acids is 3. The van der Waals surface area contributed by atoms with Gasteiger partial charge in [-0.1, -0.05) is 60.7 Å². The van der Waals surface area contributed by atoms with Gasteiger partial charge in [0.05, 0.1) is 0 Å². The van der Waals surface area contributed by atoms with Gasteiger partial charge in [-0.2, -0.15) is 0 Å². The minimum Gasteiger partial charge on any atom is -0.444 e. The van der Waals surface area contributed by atoms with E-state index in [1.54, 1.807) is 24.5 Å². The zero-order valence-corrected chi connectivity index (χ0v) is 22.9. The molecule has 1 aromatic heterocycles. The van der Waals surface area contributed by atoms with E-state index >= 15 is 0 Å². The third-order valence-corrected chi connectivity index (χ3v) is 7.74. The van der Waals surface area contributed by atoms with Crippen LogP contribution in [0.1, 0.15) is 22.1 Å². The molecule has 0 aliphatic carbocycles. The fourth-order valence-electron chi connectivity index (χ4n) is 4.32. The van der Waals surface area contributed by atoms with Crippen LogP contribution in [0.4, 0.5) is 21.0 Å². The molecule has 0 saturated carbocycles. The highest BCUT2D eigenvalue weighted by molar-refractivity contribution is 7.99. The van der Waals surface area contributed by atoms with Gasteiger partial charge in [0.15, 0.2) is 0 Å². The highest BCUT2D eigenvalue weighted by Gasteiger charge is 2.43. The Hall–Kier alpha value is -4.83. The van der Waals surface area contributed by atoms with Crippen LogP contribution in [-0.4, -0.2) is 39.7 Å². The van der Waals surface area contributed by atoms with Crippen LogP contribution in [0.5, 0.6) is 0 Å². The topological polar surface area (TPSA) is 113 Å². The van der Waals surface area contributed by atoms with Crippen LogP contribution in [0.15, 0.2) is 109 Å². The smallest absolute Gasteiger partial charge is 0.412 e. The zero-order valence-electron chi connectivity index (χ0n) is 22.1. The number of urea groups is 1. The number of nitrogens with zero attached hydrogens (tertiary/aromatic N) is 2. The number of anilines is 2. The van der Waals surface area contributed by atoms with Gasteiger partial charge in [-0.25, -0.2) is 9.59 Å². The molecule has 2 unspecified atom stereocenters. The summed E-state index contributed by atoms with van der Waals surface area (Å²) in [7, 11) is 0. The Balaban J connectivity index is 1.21. The Morgan fingerprint density at radius 2 is 1.46 bits per heavy atom. The van der Waals surface area contributed by atoms with Crippen molar-refractivity contribution in [2.45, 2.75) is 24.6 Å².